The molecule has 0 radical (unpaired) electrons. The molecular formula is C9H14N2O2. The van der Waals surface area contributed by atoms with Gasteiger partial charge in [0.15, 0.2) is 0 Å². The third-order valence-corrected chi connectivity index (χ3v) is 1.76. The number of aromatic nitrogens is 2. The van der Waals surface area contributed by atoms with Crippen molar-refractivity contribution in [2.75, 3.05) is 0 Å². The van der Waals surface area contributed by atoms with Crippen LogP contribution in [0.15, 0.2) is 23.4 Å². The Hall–Kier alpha value is -1.16. The molecule has 0 bridgehead atoms. The summed E-state index contributed by atoms with van der Waals surface area (Å²) in [6.45, 7) is 3.93. The topological polar surface area (TPSA) is 55.1 Å². The van der Waals surface area contributed by atoms with Gasteiger partial charge in [0.1, 0.15) is 0 Å². The predicted octanol–water partition coefficient (Wildman–Crippen LogP) is 0.404. The predicted molar refractivity (Wildman–Crippen MR) is 49.4 cm³/mol. The molecule has 1 rings (SSSR count). The van der Waals surface area contributed by atoms with Crippen LogP contribution in [-0.2, 0) is 6.54 Å². The van der Waals surface area contributed by atoms with E-state index in [1.165, 1.54) is 23.2 Å². The summed E-state index contributed by atoms with van der Waals surface area (Å²) in [5.41, 5.74) is -0.825. The van der Waals surface area contributed by atoms with Gasteiger partial charge >= 0.3 is 0 Å². The zero-order chi connectivity index (χ0) is 9.90. The Morgan fingerprint density at radius 2 is 2.31 bits per heavy atom. The largest absolute Gasteiger partial charge is 0.390 e. The van der Waals surface area contributed by atoms with E-state index in [1.54, 1.807) is 13.8 Å². The number of aliphatic hydroxyl groups is 1. The molecule has 13 heavy (non-hydrogen) atoms. The molecule has 1 aromatic heterocycles. The molecule has 0 aliphatic rings. The van der Waals surface area contributed by atoms with Gasteiger partial charge < -0.3 is 5.11 Å². The molecule has 1 heterocycles. The summed E-state index contributed by atoms with van der Waals surface area (Å²) in [5.74, 6) is 0. The Morgan fingerprint density at radius 1 is 1.62 bits per heavy atom. The van der Waals surface area contributed by atoms with E-state index in [9.17, 15) is 9.90 Å². The summed E-state index contributed by atoms with van der Waals surface area (Å²) in [7, 11) is 0. The Balaban J connectivity index is 2.66. The first-order valence-corrected chi connectivity index (χ1v) is 4.22. The van der Waals surface area contributed by atoms with Crippen molar-refractivity contribution in [2.24, 2.45) is 0 Å². The van der Waals surface area contributed by atoms with Crippen LogP contribution in [0.25, 0.3) is 0 Å². The fourth-order valence-electron chi connectivity index (χ4n) is 0.940. The Labute approximate surface area is 76.9 Å². The molecule has 0 aliphatic heterocycles. The van der Waals surface area contributed by atoms with Gasteiger partial charge in [0.2, 0.25) is 0 Å². The minimum atomic E-state index is -0.741. The first-order chi connectivity index (χ1) is 5.99. The molecule has 0 aliphatic carbocycles. The maximum Gasteiger partial charge on any atom is 0.253 e. The molecule has 0 amide bonds. The van der Waals surface area contributed by atoms with Crippen LogP contribution in [0.4, 0.5) is 0 Å². The van der Waals surface area contributed by atoms with Crippen molar-refractivity contribution in [3.63, 3.8) is 0 Å². The molecular weight excluding hydrogens is 168 g/mol. The summed E-state index contributed by atoms with van der Waals surface area (Å²) in [6, 6.07) is 1.41. The van der Waals surface area contributed by atoms with Crippen LogP contribution >= 0.6 is 0 Å². The van der Waals surface area contributed by atoms with E-state index in [1.807, 2.05) is 0 Å². The van der Waals surface area contributed by atoms with E-state index in [0.717, 1.165) is 0 Å². The second-order valence-corrected chi connectivity index (χ2v) is 3.67. The number of hydrogen-bond donors (Lipinski definition) is 1. The van der Waals surface area contributed by atoms with Crippen molar-refractivity contribution in [2.45, 2.75) is 32.4 Å². The van der Waals surface area contributed by atoms with Gasteiger partial charge in [0, 0.05) is 18.8 Å². The third kappa shape index (κ3) is 3.38. The molecule has 0 aromatic carbocycles. The van der Waals surface area contributed by atoms with E-state index in [-0.39, 0.29) is 5.56 Å². The van der Waals surface area contributed by atoms with Gasteiger partial charge in [0.05, 0.1) is 11.9 Å². The van der Waals surface area contributed by atoms with Crippen molar-refractivity contribution >= 4 is 0 Å². The minimum Gasteiger partial charge on any atom is -0.390 e. The van der Waals surface area contributed by atoms with Crippen LogP contribution in [0.2, 0.25) is 0 Å². The first-order valence-electron chi connectivity index (χ1n) is 4.22. The molecule has 0 fully saturated rings. The Kier molecular flexibility index (Phi) is 2.83. The first kappa shape index (κ1) is 9.92. The van der Waals surface area contributed by atoms with Gasteiger partial charge in [-0.2, -0.15) is 0 Å². The fourth-order valence-corrected chi connectivity index (χ4v) is 0.940. The van der Waals surface area contributed by atoms with Crippen LogP contribution in [0.3, 0.4) is 0 Å². The highest BCUT2D eigenvalue weighted by molar-refractivity contribution is 4.82. The Bertz CT molecular complexity index is 325. The maximum atomic E-state index is 11.2. The van der Waals surface area contributed by atoms with Crippen LogP contribution in [0.1, 0.15) is 20.3 Å². The van der Waals surface area contributed by atoms with Crippen molar-refractivity contribution in [3.8, 4) is 0 Å². The van der Waals surface area contributed by atoms with E-state index < -0.39 is 5.60 Å². The zero-order valence-electron chi connectivity index (χ0n) is 7.90. The van der Waals surface area contributed by atoms with Gasteiger partial charge in [-0.3, -0.25) is 9.36 Å². The molecule has 0 saturated heterocycles. The smallest absolute Gasteiger partial charge is 0.253 e. The van der Waals surface area contributed by atoms with Crippen molar-refractivity contribution < 1.29 is 5.11 Å². The van der Waals surface area contributed by atoms with Crippen molar-refractivity contribution in [3.05, 3.63) is 28.9 Å². The average molecular weight is 182 g/mol. The minimum absolute atomic E-state index is 0.0840. The highest BCUT2D eigenvalue weighted by atomic mass is 16.3. The highest BCUT2D eigenvalue weighted by Crippen LogP contribution is 2.07. The molecule has 0 unspecified atom stereocenters. The quantitative estimate of drug-likeness (QED) is 0.736. The van der Waals surface area contributed by atoms with E-state index >= 15 is 0 Å². The fraction of sp³-hybridized carbons (Fsp3) is 0.556. The van der Waals surface area contributed by atoms with Crippen LogP contribution < -0.4 is 5.56 Å². The lowest BCUT2D eigenvalue weighted by Crippen LogP contribution is -2.26. The van der Waals surface area contributed by atoms with Crippen molar-refractivity contribution in [1.82, 2.24) is 9.55 Å². The summed E-state index contributed by atoms with van der Waals surface area (Å²) in [5, 5.41) is 9.43. The summed E-state index contributed by atoms with van der Waals surface area (Å²) >= 11 is 0. The Morgan fingerprint density at radius 3 is 2.85 bits per heavy atom. The second-order valence-electron chi connectivity index (χ2n) is 3.67. The van der Waals surface area contributed by atoms with Gasteiger partial charge in [-0.1, -0.05) is 0 Å². The van der Waals surface area contributed by atoms with E-state index in [0.29, 0.717) is 13.0 Å². The van der Waals surface area contributed by atoms with Gasteiger partial charge in [-0.15, -0.1) is 0 Å². The van der Waals surface area contributed by atoms with Crippen LogP contribution in [0, 0.1) is 0 Å². The zero-order valence-corrected chi connectivity index (χ0v) is 7.90. The third-order valence-electron chi connectivity index (χ3n) is 1.76. The van der Waals surface area contributed by atoms with Crippen LogP contribution in [-0.4, -0.2) is 20.3 Å². The van der Waals surface area contributed by atoms with Gasteiger partial charge in [-0.05, 0) is 20.3 Å². The molecule has 1 N–H and O–H groups in total. The lowest BCUT2D eigenvalue weighted by atomic mass is 10.1. The van der Waals surface area contributed by atoms with Crippen molar-refractivity contribution in [1.29, 1.82) is 0 Å². The normalized spacial score (nSPS) is 11.6. The monoisotopic (exact) mass is 182 g/mol. The number of hydrogen-bond acceptors (Lipinski definition) is 3. The molecule has 0 atom stereocenters. The lowest BCUT2D eigenvalue weighted by molar-refractivity contribution is 0.0658. The number of nitrogens with zero attached hydrogens (tertiary/aromatic N) is 2. The van der Waals surface area contributed by atoms with Gasteiger partial charge in [0.25, 0.3) is 5.56 Å². The summed E-state index contributed by atoms with van der Waals surface area (Å²) < 4.78 is 1.48. The lowest BCUT2D eigenvalue weighted by Gasteiger charge is -2.16. The van der Waals surface area contributed by atoms with E-state index in [2.05, 4.69) is 4.98 Å². The summed E-state index contributed by atoms with van der Waals surface area (Å²) in [4.78, 5) is 15.0. The molecule has 72 valence electrons. The molecule has 0 spiro atoms. The molecule has 0 saturated carbocycles. The number of aryl methyl sites for hydroxylation is 1. The highest BCUT2D eigenvalue weighted by Gasteiger charge is 2.12. The standard InChI is InChI=1S/C9H14N2O2/c1-9(2,13)4-6-11-7-10-5-3-8(11)12/h3,5,7,13H,4,6H2,1-2H3. The molecule has 1 aromatic rings. The summed E-state index contributed by atoms with van der Waals surface area (Å²) in [6.07, 6.45) is 3.48. The molecule has 4 heteroatoms. The van der Waals surface area contributed by atoms with E-state index in [4.69, 9.17) is 0 Å². The second kappa shape index (κ2) is 3.70. The molecule has 4 nitrogen and oxygen atoms in total. The number of rotatable bonds is 3. The average Bonchev–Trinajstić information content (AvgIpc) is 2.01. The maximum absolute atomic E-state index is 11.2. The SMILES string of the molecule is CC(C)(O)CCn1cnccc1=O. The van der Waals surface area contributed by atoms with Gasteiger partial charge in [-0.25, -0.2) is 4.98 Å². The van der Waals surface area contributed by atoms with Crippen LogP contribution in [0.5, 0.6) is 0 Å².